The van der Waals surface area contributed by atoms with E-state index in [2.05, 4.69) is 10.6 Å². The minimum absolute atomic E-state index is 0.0598. The van der Waals surface area contributed by atoms with Gasteiger partial charge < -0.3 is 15.5 Å². The molecule has 0 aliphatic carbocycles. The van der Waals surface area contributed by atoms with Gasteiger partial charge in [-0.15, -0.1) is 0 Å². The van der Waals surface area contributed by atoms with Crippen molar-refractivity contribution in [2.24, 2.45) is 5.92 Å². The van der Waals surface area contributed by atoms with Crippen LogP contribution in [0.15, 0.2) is 60.7 Å². The third-order valence-electron chi connectivity index (χ3n) is 6.17. The first kappa shape index (κ1) is 23.2. The van der Waals surface area contributed by atoms with Crippen LogP contribution in [-0.2, 0) is 9.59 Å². The van der Waals surface area contributed by atoms with Crippen LogP contribution in [0.1, 0.15) is 39.0 Å². The zero-order valence-corrected chi connectivity index (χ0v) is 19.9. The number of anilines is 3. The molecule has 1 saturated heterocycles. The molecule has 0 bridgehead atoms. The Morgan fingerprint density at radius 3 is 2.35 bits per heavy atom. The molecule has 1 aliphatic heterocycles. The SMILES string of the molecule is Cc1ccc(NC(=O)c2cccc(NC(=O)[C@@H]3CC(=O)N(c4cc(C)ccc4C)C3)c2)c(C)c1. The van der Waals surface area contributed by atoms with Crippen molar-refractivity contribution in [2.75, 3.05) is 22.1 Å². The van der Waals surface area contributed by atoms with Crippen LogP contribution in [0.3, 0.4) is 0 Å². The smallest absolute Gasteiger partial charge is 0.255 e. The van der Waals surface area contributed by atoms with E-state index in [0.717, 1.165) is 33.6 Å². The van der Waals surface area contributed by atoms with Gasteiger partial charge in [0.25, 0.3) is 5.91 Å². The average Bonchev–Trinajstić information content (AvgIpc) is 3.19. The van der Waals surface area contributed by atoms with Crippen molar-refractivity contribution < 1.29 is 14.4 Å². The van der Waals surface area contributed by atoms with Crippen molar-refractivity contribution in [3.05, 3.63) is 88.5 Å². The Morgan fingerprint density at radius 2 is 1.59 bits per heavy atom. The Labute approximate surface area is 200 Å². The van der Waals surface area contributed by atoms with Gasteiger partial charge in [0.15, 0.2) is 0 Å². The Hall–Kier alpha value is -3.93. The van der Waals surface area contributed by atoms with E-state index in [9.17, 15) is 14.4 Å². The molecular formula is C28H29N3O3. The van der Waals surface area contributed by atoms with Crippen LogP contribution in [0.5, 0.6) is 0 Å². The van der Waals surface area contributed by atoms with E-state index in [1.165, 1.54) is 0 Å². The fourth-order valence-corrected chi connectivity index (χ4v) is 4.26. The molecule has 0 saturated carbocycles. The van der Waals surface area contributed by atoms with Crippen molar-refractivity contribution in [3.63, 3.8) is 0 Å². The first-order valence-electron chi connectivity index (χ1n) is 11.4. The summed E-state index contributed by atoms with van der Waals surface area (Å²) in [7, 11) is 0. The normalized spacial score (nSPS) is 15.4. The summed E-state index contributed by atoms with van der Waals surface area (Å²) in [6.45, 7) is 8.23. The molecule has 1 aliphatic rings. The minimum atomic E-state index is -0.458. The molecule has 34 heavy (non-hydrogen) atoms. The zero-order chi connectivity index (χ0) is 24.4. The van der Waals surface area contributed by atoms with E-state index in [1.54, 1.807) is 29.2 Å². The number of aryl methyl sites for hydroxylation is 4. The van der Waals surface area contributed by atoms with Crippen LogP contribution in [-0.4, -0.2) is 24.3 Å². The molecule has 0 radical (unpaired) electrons. The number of hydrogen-bond donors (Lipinski definition) is 2. The molecule has 3 aromatic carbocycles. The summed E-state index contributed by atoms with van der Waals surface area (Å²) in [5, 5.41) is 5.81. The van der Waals surface area contributed by atoms with Gasteiger partial charge in [-0.1, -0.05) is 35.9 Å². The lowest BCUT2D eigenvalue weighted by Crippen LogP contribution is -2.28. The van der Waals surface area contributed by atoms with Gasteiger partial charge in [0.05, 0.1) is 5.92 Å². The number of carbonyl (C=O) groups is 3. The monoisotopic (exact) mass is 455 g/mol. The van der Waals surface area contributed by atoms with E-state index in [-0.39, 0.29) is 24.1 Å². The molecule has 6 nitrogen and oxygen atoms in total. The summed E-state index contributed by atoms with van der Waals surface area (Å²) in [5.41, 5.74) is 6.75. The minimum Gasteiger partial charge on any atom is -0.326 e. The summed E-state index contributed by atoms with van der Waals surface area (Å²) in [5.74, 6) is -0.996. The molecule has 6 heteroatoms. The highest BCUT2D eigenvalue weighted by Crippen LogP contribution is 2.29. The number of benzene rings is 3. The standard InChI is InChI=1S/C28H29N3O3/c1-17-9-11-24(20(4)12-17)30-27(33)21-6-5-7-23(14-21)29-28(34)22-15-26(32)31(16-22)25-13-18(2)8-10-19(25)3/h5-14,22H,15-16H2,1-4H3,(H,29,34)(H,30,33)/t22-/m1/s1. The van der Waals surface area contributed by atoms with Crippen molar-refractivity contribution in [2.45, 2.75) is 34.1 Å². The topological polar surface area (TPSA) is 78.5 Å². The predicted octanol–water partition coefficient (Wildman–Crippen LogP) is 5.16. The molecule has 3 aromatic rings. The lowest BCUT2D eigenvalue weighted by Gasteiger charge is -2.19. The number of amides is 3. The van der Waals surface area contributed by atoms with Crippen molar-refractivity contribution in [3.8, 4) is 0 Å². The van der Waals surface area contributed by atoms with Crippen LogP contribution in [0.25, 0.3) is 0 Å². The summed E-state index contributed by atoms with van der Waals surface area (Å²) in [4.78, 5) is 40.1. The number of hydrogen-bond acceptors (Lipinski definition) is 3. The molecule has 1 heterocycles. The number of nitrogens with one attached hydrogen (secondary N) is 2. The quantitative estimate of drug-likeness (QED) is 0.558. The first-order valence-corrected chi connectivity index (χ1v) is 11.4. The van der Waals surface area contributed by atoms with Gasteiger partial charge in [0.2, 0.25) is 11.8 Å². The van der Waals surface area contributed by atoms with Gasteiger partial charge in [0.1, 0.15) is 0 Å². The second-order valence-corrected chi connectivity index (χ2v) is 9.04. The molecular weight excluding hydrogens is 426 g/mol. The lowest BCUT2D eigenvalue weighted by atomic mass is 10.1. The van der Waals surface area contributed by atoms with E-state index in [1.807, 2.05) is 64.1 Å². The van der Waals surface area contributed by atoms with Gasteiger partial charge in [-0.2, -0.15) is 0 Å². The Kier molecular flexibility index (Phi) is 6.50. The van der Waals surface area contributed by atoms with E-state index in [4.69, 9.17) is 0 Å². The van der Waals surface area contributed by atoms with Crippen LogP contribution < -0.4 is 15.5 Å². The Morgan fingerprint density at radius 1 is 0.853 bits per heavy atom. The first-order chi connectivity index (χ1) is 16.2. The highest BCUT2D eigenvalue weighted by Gasteiger charge is 2.35. The van der Waals surface area contributed by atoms with Gasteiger partial charge in [-0.05, 0) is 74.7 Å². The molecule has 1 atom stereocenters. The summed E-state index contributed by atoms with van der Waals surface area (Å²) < 4.78 is 0. The third kappa shape index (κ3) is 5.01. The van der Waals surface area contributed by atoms with Crippen molar-refractivity contribution in [1.82, 2.24) is 0 Å². The van der Waals surface area contributed by atoms with Gasteiger partial charge >= 0.3 is 0 Å². The van der Waals surface area contributed by atoms with Crippen LogP contribution in [0.2, 0.25) is 0 Å². The largest absolute Gasteiger partial charge is 0.326 e. The Bertz CT molecular complexity index is 1280. The van der Waals surface area contributed by atoms with Crippen LogP contribution >= 0.6 is 0 Å². The molecule has 0 spiro atoms. The molecule has 1 fully saturated rings. The number of rotatable bonds is 5. The fourth-order valence-electron chi connectivity index (χ4n) is 4.26. The van der Waals surface area contributed by atoms with E-state index in [0.29, 0.717) is 17.8 Å². The summed E-state index contributed by atoms with van der Waals surface area (Å²) >= 11 is 0. The van der Waals surface area contributed by atoms with Gasteiger partial charge in [0, 0.05) is 35.6 Å². The molecule has 4 rings (SSSR count). The van der Waals surface area contributed by atoms with Crippen molar-refractivity contribution in [1.29, 1.82) is 0 Å². The second kappa shape index (κ2) is 9.51. The Balaban J connectivity index is 1.43. The maximum Gasteiger partial charge on any atom is 0.255 e. The van der Waals surface area contributed by atoms with Crippen molar-refractivity contribution >= 4 is 34.8 Å². The predicted molar refractivity (Wildman–Crippen MR) is 135 cm³/mol. The third-order valence-corrected chi connectivity index (χ3v) is 6.17. The molecule has 3 amide bonds. The lowest BCUT2D eigenvalue weighted by molar-refractivity contribution is -0.122. The average molecular weight is 456 g/mol. The highest BCUT2D eigenvalue weighted by atomic mass is 16.2. The van der Waals surface area contributed by atoms with Gasteiger partial charge in [-0.25, -0.2) is 0 Å². The summed E-state index contributed by atoms with van der Waals surface area (Å²) in [6.07, 6.45) is 0.159. The molecule has 0 unspecified atom stereocenters. The maximum absolute atomic E-state index is 12.9. The number of carbonyl (C=O) groups excluding carboxylic acids is 3. The highest BCUT2D eigenvalue weighted by molar-refractivity contribution is 6.07. The maximum atomic E-state index is 12.9. The second-order valence-electron chi connectivity index (χ2n) is 9.04. The fraction of sp³-hybridized carbons (Fsp3) is 0.250. The summed E-state index contributed by atoms with van der Waals surface area (Å²) in [6, 6.07) is 18.6. The molecule has 2 N–H and O–H groups in total. The van der Waals surface area contributed by atoms with Gasteiger partial charge in [-0.3, -0.25) is 14.4 Å². The number of nitrogens with zero attached hydrogens (tertiary/aromatic N) is 1. The van der Waals surface area contributed by atoms with E-state index < -0.39 is 5.92 Å². The zero-order valence-electron chi connectivity index (χ0n) is 19.9. The van der Waals surface area contributed by atoms with Crippen LogP contribution in [0, 0.1) is 33.6 Å². The molecule has 0 aromatic heterocycles. The van der Waals surface area contributed by atoms with E-state index >= 15 is 0 Å². The molecule has 174 valence electrons. The van der Waals surface area contributed by atoms with Crippen LogP contribution in [0.4, 0.5) is 17.1 Å².